The molecule has 0 unspecified atom stereocenters. The van der Waals surface area contributed by atoms with Crippen molar-refractivity contribution in [3.05, 3.63) is 0 Å². The van der Waals surface area contributed by atoms with Crippen LogP contribution in [0.3, 0.4) is 0 Å². The Hall–Kier alpha value is -0.240. The molecule has 6 N–H and O–H groups in total. The molecule has 0 bridgehead atoms. The minimum atomic E-state index is 0.578. The third-order valence-electron chi connectivity index (χ3n) is 2.84. The number of hydrogen-bond acceptors (Lipinski definition) is 6. The quantitative estimate of drug-likeness (QED) is 0.196. The second kappa shape index (κ2) is 16.8. The molecule has 0 saturated carbocycles. The molecule has 0 aromatic carbocycles. The summed E-state index contributed by atoms with van der Waals surface area (Å²) in [6.07, 6.45) is 0. The van der Waals surface area contributed by atoms with Gasteiger partial charge in [0, 0.05) is 71.5 Å². The van der Waals surface area contributed by atoms with Crippen LogP contribution in [0.4, 0.5) is 0 Å². The van der Waals surface area contributed by atoms with E-state index in [1.165, 1.54) is 0 Å². The van der Waals surface area contributed by atoms with Gasteiger partial charge >= 0.3 is 0 Å². The first-order valence-corrected chi connectivity index (χ1v) is 7.98. The normalized spacial score (nSPS) is 11.4. The van der Waals surface area contributed by atoms with E-state index in [0.717, 1.165) is 65.4 Å². The van der Waals surface area contributed by atoms with Crippen LogP contribution in [0.2, 0.25) is 0 Å². The highest BCUT2D eigenvalue weighted by molar-refractivity contribution is 4.58. The Kier molecular flexibility index (Phi) is 16.6. The predicted octanol–water partition coefficient (Wildman–Crippen LogP) is -1.44. The molecule has 0 spiro atoms. The van der Waals surface area contributed by atoms with Crippen LogP contribution in [-0.4, -0.2) is 78.5 Å². The summed E-state index contributed by atoms with van der Waals surface area (Å²) in [5, 5.41) is 20.1. The zero-order valence-electron chi connectivity index (χ0n) is 13.6. The third-order valence-corrected chi connectivity index (χ3v) is 2.84. The van der Waals surface area contributed by atoms with Crippen LogP contribution in [0.25, 0.3) is 0 Å². The molecule has 0 amide bonds. The summed E-state index contributed by atoms with van der Waals surface area (Å²) in [5.74, 6) is 0. The topological polar surface area (TPSA) is 72.2 Å². The van der Waals surface area contributed by atoms with Gasteiger partial charge in [-0.2, -0.15) is 0 Å². The van der Waals surface area contributed by atoms with Crippen LogP contribution in [0.15, 0.2) is 0 Å². The van der Waals surface area contributed by atoms with Crippen molar-refractivity contribution >= 4 is 0 Å². The van der Waals surface area contributed by atoms with E-state index in [9.17, 15) is 0 Å². The molecule has 0 rings (SSSR count). The molecule has 6 heteroatoms. The molecule has 0 atom stereocenters. The maximum absolute atomic E-state index is 3.42. The van der Waals surface area contributed by atoms with Crippen molar-refractivity contribution in [2.75, 3.05) is 72.5 Å². The summed E-state index contributed by atoms with van der Waals surface area (Å²) in [6.45, 7) is 14.7. The van der Waals surface area contributed by atoms with Gasteiger partial charge < -0.3 is 31.9 Å². The number of nitrogens with one attached hydrogen (secondary N) is 6. The van der Waals surface area contributed by atoms with Crippen molar-refractivity contribution in [1.82, 2.24) is 31.9 Å². The third kappa shape index (κ3) is 17.8. The highest BCUT2D eigenvalue weighted by Gasteiger charge is 1.92. The molecule has 0 aliphatic carbocycles. The number of hydrogen-bond donors (Lipinski definition) is 6. The van der Waals surface area contributed by atoms with Gasteiger partial charge in [-0.1, -0.05) is 13.8 Å². The maximum Gasteiger partial charge on any atom is 0.00791 e. The fourth-order valence-corrected chi connectivity index (χ4v) is 1.69. The van der Waals surface area contributed by atoms with Crippen LogP contribution in [-0.2, 0) is 0 Å². The van der Waals surface area contributed by atoms with Crippen molar-refractivity contribution in [2.45, 2.75) is 19.9 Å². The molecule has 0 saturated heterocycles. The Bertz CT molecular complexity index is 177. The van der Waals surface area contributed by atoms with Crippen molar-refractivity contribution in [2.24, 2.45) is 0 Å². The van der Waals surface area contributed by atoms with E-state index in [1.807, 2.05) is 7.05 Å². The Morgan fingerprint density at radius 3 is 1.25 bits per heavy atom. The Morgan fingerprint density at radius 1 is 0.550 bits per heavy atom. The van der Waals surface area contributed by atoms with Crippen LogP contribution in [0, 0.1) is 0 Å². The number of rotatable bonds is 16. The Balaban J connectivity index is 2.92. The SMILES string of the molecule is CNCCNCCNCCNCCNCCNC(C)C. The summed E-state index contributed by atoms with van der Waals surface area (Å²) >= 11 is 0. The van der Waals surface area contributed by atoms with E-state index in [0.29, 0.717) is 6.04 Å². The van der Waals surface area contributed by atoms with E-state index in [4.69, 9.17) is 0 Å². The van der Waals surface area contributed by atoms with Gasteiger partial charge in [-0.15, -0.1) is 0 Å². The lowest BCUT2D eigenvalue weighted by Crippen LogP contribution is -2.37. The highest BCUT2D eigenvalue weighted by Crippen LogP contribution is 1.72. The molecular weight excluding hydrogens is 252 g/mol. The fourth-order valence-electron chi connectivity index (χ4n) is 1.69. The first-order valence-electron chi connectivity index (χ1n) is 7.98. The van der Waals surface area contributed by atoms with Gasteiger partial charge in [0.25, 0.3) is 0 Å². The molecule has 0 radical (unpaired) electrons. The first kappa shape index (κ1) is 19.8. The van der Waals surface area contributed by atoms with Gasteiger partial charge in [-0.25, -0.2) is 0 Å². The lowest BCUT2D eigenvalue weighted by molar-refractivity contribution is 0.537. The van der Waals surface area contributed by atoms with Crippen molar-refractivity contribution in [1.29, 1.82) is 0 Å². The average molecular weight is 288 g/mol. The molecule has 6 nitrogen and oxygen atoms in total. The first-order chi connectivity index (χ1) is 9.77. The molecule has 0 aromatic heterocycles. The standard InChI is InChI=1S/C14H36N6/c1-14(2)20-13-12-19-11-10-18-9-8-17-7-6-16-5-4-15-3/h14-20H,4-13H2,1-3H3. The van der Waals surface area contributed by atoms with E-state index < -0.39 is 0 Å². The summed E-state index contributed by atoms with van der Waals surface area (Å²) in [6, 6.07) is 0.578. The van der Waals surface area contributed by atoms with Crippen molar-refractivity contribution < 1.29 is 0 Å². The summed E-state index contributed by atoms with van der Waals surface area (Å²) in [5.41, 5.74) is 0. The molecular formula is C14H36N6. The minimum Gasteiger partial charge on any atom is -0.318 e. The summed E-state index contributed by atoms with van der Waals surface area (Å²) in [7, 11) is 1.97. The van der Waals surface area contributed by atoms with E-state index in [1.54, 1.807) is 0 Å². The van der Waals surface area contributed by atoms with Crippen molar-refractivity contribution in [3.63, 3.8) is 0 Å². The second-order valence-corrected chi connectivity index (χ2v) is 5.21. The average Bonchev–Trinajstić information content (AvgIpc) is 2.43. The number of likely N-dealkylation sites (N-methyl/N-ethyl adjacent to an activating group) is 1. The zero-order valence-corrected chi connectivity index (χ0v) is 13.6. The van der Waals surface area contributed by atoms with E-state index >= 15 is 0 Å². The van der Waals surface area contributed by atoms with E-state index in [-0.39, 0.29) is 0 Å². The predicted molar refractivity (Wildman–Crippen MR) is 88.5 cm³/mol. The van der Waals surface area contributed by atoms with Crippen LogP contribution in [0.5, 0.6) is 0 Å². The lowest BCUT2D eigenvalue weighted by atomic mass is 10.4. The van der Waals surface area contributed by atoms with Gasteiger partial charge in [-0.05, 0) is 7.05 Å². The second-order valence-electron chi connectivity index (χ2n) is 5.21. The summed E-state index contributed by atoms with van der Waals surface area (Å²) < 4.78 is 0. The lowest BCUT2D eigenvalue weighted by Gasteiger charge is -2.10. The van der Waals surface area contributed by atoms with Crippen LogP contribution < -0.4 is 31.9 Å². The molecule has 20 heavy (non-hydrogen) atoms. The van der Waals surface area contributed by atoms with Gasteiger partial charge in [0.1, 0.15) is 0 Å². The Labute approximate surface area is 125 Å². The molecule has 0 fully saturated rings. The van der Waals surface area contributed by atoms with Gasteiger partial charge in [0.15, 0.2) is 0 Å². The highest BCUT2D eigenvalue weighted by atomic mass is 15.0. The molecule has 0 heterocycles. The van der Waals surface area contributed by atoms with Gasteiger partial charge in [0.05, 0.1) is 0 Å². The largest absolute Gasteiger partial charge is 0.318 e. The monoisotopic (exact) mass is 288 g/mol. The van der Waals surface area contributed by atoms with Crippen LogP contribution in [0.1, 0.15) is 13.8 Å². The maximum atomic E-state index is 3.42. The van der Waals surface area contributed by atoms with E-state index in [2.05, 4.69) is 45.7 Å². The molecule has 0 aromatic rings. The fraction of sp³-hybridized carbons (Fsp3) is 1.00. The van der Waals surface area contributed by atoms with Crippen LogP contribution >= 0.6 is 0 Å². The molecule has 0 aliphatic rings. The molecule has 0 aliphatic heterocycles. The van der Waals surface area contributed by atoms with Gasteiger partial charge in [0.2, 0.25) is 0 Å². The molecule has 122 valence electrons. The minimum absolute atomic E-state index is 0.578. The van der Waals surface area contributed by atoms with Gasteiger partial charge in [-0.3, -0.25) is 0 Å². The zero-order chi connectivity index (χ0) is 14.9. The smallest absolute Gasteiger partial charge is 0.00791 e. The van der Waals surface area contributed by atoms with Crippen molar-refractivity contribution in [3.8, 4) is 0 Å². The summed E-state index contributed by atoms with van der Waals surface area (Å²) in [4.78, 5) is 0. The Morgan fingerprint density at radius 2 is 0.900 bits per heavy atom.